The second-order valence-corrected chi connectivity index (χ2v) is 5.29. The van der Waals surface area contributed by atoms with Gasteiger partial charge in [-0.25, -0.2) is 0 Å². The fourth-order valence-corrected chi connectivity index (χ4v) is 3.01. The number of nitrogens with one attached hydrogen (secondary N) is 1. The van der Waals surface area contributed by atoms with Crippen molar-refractivity contribution in [2.75, 3.05) is 11.1 Å². The van der Waals surface area contributed by atoms with Crippen molar-refractivity contribution in [3.05, 3.63) is 29.8 Å². The lowest BCUT2D eigenvalue weighted by molar-refractivity contribution is 0.724. The zero-order chi connectivity index (χ0) is 10.7. The lowest BCUT2D eigenvalue weighted by Gasteiger charge is -2.17. The summed E-state index contributed by atoms with van der Waals surface area (Å²) in [6.07, 6.45) is 1.21. The highest BCUT2D eigenvalue weighted by Gasteiger charge is 2.23. The minimum atomic E-state index is 0.545. The topological polar surface area (TPSA) is 35.8 Å². The molecule has 2 atom stereocenters. The fourth-order valence-electron chi connectivity index (χ4n) is 1.81. The standard InChI is InChI=1S/C12H14N2S/c1-9-12(5-6-15-9)14-11-4-2-3-10(7-11)8-13/h2-4,7,9,12,14H,5-6H2,1H3. The minimum absolute atomic E-state index is 0.545. The first-order chi connectivity index (χ1) is 7.29. The average molecular weight is 218 g/mol. The van der Waals surface area contributed by atoms with Crippen LogP contribution in [0.3, 0.4) is 0 Å². The summed E-state index contributed by atoms with van der Waals surface area (Å²) in [6.45, 7) is 2.25. The molecule has 0 aliphatic carbocycles. The molecule has 1 saturated heterocycles. The van der Waals surface area contributed by atoms with E-state index in [1.807, 2.05) is 36.0 Å². The molecule has 0 aromatic heterocycles. The molecule has 1 aromatic carbocycles. The van der Waals surface area contributed by atoms with Gasteiger partial charge in [0.05, 0.1) is 11.6 Å². The molecule has 2 unspecified atom stereocenters. The largest absolute Gasteiger partial charge is 0.381 e. The second-order valence-electron chi connectivity index (χ2n) is 3.81. The van der Waals surface area contributed by atoms with Crippen molar-refractivity contribution < 1.29 is 0 Å². The molecule has 0 bridgehead atoms. The summed E-state index contributed by atoms with van der Waals surface area (Å²) >= 11 is 2.01. The first-order valence-corrected chi connectivity index (χ1v) is 6.23. The van der Waals surface area contributed by atoms with E-state index in [-0.39, 0.29) is 0 Å². The van der Waals surface area contributed by atoms with Gasteiger partial charge < -0.3 is 5.32 Å². The molecule has 1 heterocycles. The van der Waals surface area contributed by atoms with E-state index in [0.29, 0.717) is 11.3 Å². The lowest BCUT2D eigenvalue weighted by Crippen LogP contribution is -2.24. The van der Waals surface area contributed by atoms with Gasteiger partial charge in [-0.3, -0.25) is 0 Å². The molecule has 1 fully saturated rings. The minimum Gasteiger partial charge on any atom is -0.381 e. The van der Waals surface area contributed by atoms with Crippen LogP contribution in [-0.2, 0) is 0 Å². The van der Waals surface area contributed by atoms with Gasteiger partial charge in [0.25, 0.3) is 0 Å². The van der Waals surface area contributed by atoms with Crippen LogP contribution in [0.15, 0.2) is 24.3 Å². The predicted octanol–water partition coefficient (Wildman–Crippen LogP) is 2.86. The smallest absolute Gasteiger partial charge is 0.0992 e. The van der Waals surface area contributed by atoms with Crippen molar-refractivity contribution in [3.8, 4) is 6.07 Å². The Bertz CT molecular complexity index is 383. The third-order valence-electron chi connectivity index (χ3n) is 2.72. The summed E-state index contributed by atoms with van der Waals surface area (Å²) in [6, 6.07) is 10.4. The highest BCUT2D eigenvalue weighted by molar-refractivity contribution is 8.00. The van der Waals surface area contributed by atoms with Crippen molar-refractivity contribution in [1.82, 2.24) is 0 Å². The van der Waals surface area contributed by atoms with Gasteiger partial charge in [-0.15, -0.1) is 0 Å². The van der Waals surface area contributed by atoms with Gasteiger partial charge in [0.1, 0.15) is 0 Å². The molecular weight excluding hydrogens is 204 g/mol. The van der Waals surface area contributed by atoms with Crippen molar-refractivity contribution in [2.45, 2.75) is 24.6 Å². The molecule has 3 heteroatoms. The zero-order valence-electron chi connectivity index (χ0n) is 8.73. The maximum atomic E-state index is 8.79. The SMILES string of the molecule is CC1SCCC1Nc1cccc(C#N)c1. The van der Waals surface area contributed by atoms with Crippen LogP contribution < -0.4 is 5.32 Å². The van der Waals surface area contributed by atoms with Crippen LogP contribution in [0.4, 0.5) is 5.69 Å². The van der Waals surface area contributed by atoms with Crippen molar-refractivity contribution in [3.63, 3.8) is 0 Å². The molecule has 0 spiro atoms. The van der Waals surface area contributed by atoms with E-state index >= 15 is 0 Å². The summed E-state index contributed by atoms with van der Waals surface area (Å²) < 4.78 is 0. The van der Waals surface area contributed by atoms with E-state index in [1.165, 1.54) is 12.2 Å². The maximum absolute atomic E-state index is 8.79. The summed E-state index contributed by atoms with van der Waals surface area (Å²) in [7, 11) is 0. The van der Waals surface area contributed by atoms with Gasteiger partial charge >= 0.3 is 0 Å². The molecule has 0 saturated carbocycles. The summed E-state index contributed by atoms with van der Waals surface area (Å²) in [4.78, 5) is 0. The molecular formula is C12H14N2S. The molecule has 1 aliphatic rings. The lowest BCUT2D eigenvalue weighted by atomic mass is 10.1. The highest BCUT2D eigenvalue weighted by atomic mass is 32.2. The molecule has 0 radical (unpaired) electrons. The molecule has 15 heavy (non-hydrogen) atoms. The first kappa shape index (κ1) is 10.4. The molecule has 2 rings (SSSR count). The Balaban J connectivity index is 2.07. The van der Waals surface area contributed by atoms with Gasteiger partial charge in [-0.05, 0) is 30.4 Å². The maximum Gasteiger partial charge on any atom is 0.0992 e. The molecule has 1 aliphatic heterocycles. The van der Waals surface area contributed by atoms with Crippen LogP contribution in [0.2, 0.25) is 0 Å². The van der Waals surface area contributed by atoms with Crippen LogP contribution in [0.5, 0.6) is 0 Å². The normalized spacial score (nSPS) is 24.8. The van der Waals surface area contributed by atoms with Crippen molar-refractivity contribution in [1.29, 1.82) is 5.26 Å². The summed E-state index contributed by atoms with van der Waals surface area (Å²) in [5.41, 5.74) is 1.78. The van der Waals surface area contributed by atoms with Crippen LogP contribution >= 0.6 is 11.8 Å². The van der Waals surface area contributed by atoms with Crippen molar-refractivity contribution >= 4 is 17.4 Å². The van der Waals surface area contributed by atoms with Crippen LogP contribution in [0.25, 0.3) is 0 Å². The Labute approximate surface area is 94.7 Å². The Morgan fingerprint density at radius 3 is 3.07 bits per heavy atom. The van der Waals surface area contributed by atoms with Gasteiger partial charge in [0.2, 0.25) is 0 Å². The van der Waals surface area contributed by atoms with Gasteiger partial charge in [-0.2, -0.15) is 17.0 Å². The number of benzene rings is 1. The van der Waals surface area contributed by atoms with E-state index in [0.717, 1.165) is 11.3 Å². The van der Waals surface area contributed by atoms with Crippen LogP contribution in [-0.4, -0.2) is 17.0 Å². The number of nitrogens with zero attached hydrogens (tertiary/aromatic N) is 1. The van der Waals surface area contributed by atoms with E-state index < -0.39 is 0 Å². The Hall–Kier alpha value is -1.14. The number of rotatable bonds is 2. The zero-order valence-corrected chi connectivity index (χ0v) is 9.55. The summed E-state index contributed by atoms with van der Waals surface area (Å²) in [5, 5.41) is 12.9. The summed E-state index contributed by atoms with van der Waals surface area (Å²) in [5.74, 6) is 1.23. The Kier molecular flexibility index (Phi) is 3.17. The van der Waals surface area contributed by atoms with Gasteiger partial charge in [-0.1, -0.05) is 13.0 Å². The van der Waals surface area contributed by atoms with Crippen molar-refractivity contribution in [2.24, 2.45) is 0 Å². The van der Waals surface area contributed by atoms with Gasteiger partial charge in [0, 0.05) is 17.0 Å². The predicted molar refractivity (Wildman–Crippen MR) is 65.1 cm³/mol. The first-order valence-electron chi connectivity index (χ1n) is 5.18. The number of nitriles is 1. The number of hydrogen-bond donors (Lipinski definition) is 1. The third kappa shape index (κ3) is 2.45. The fraction of sp³-hybridized carbons (Fsp3) is 0.417. The Morgan fingerprint density at radius 1 is 1.53 bits per heavy atom. The Morgan fingerprint density at radius 2 is 2.40 bits per heavy atom. The highest BCUT2D eigenvalue weighted by Crippen LogP contribution is 2.28. The number of anilines is 1. The third-order valence-corrected chi connectivity index (χ3v) is 4.05. The van der Waals surface area contributed by atoms with Crippen LogP contribution in [0.1, 0.15) is 18.9 Å². The molecule has 1 N–H and O–H groups in total. The van der Waals surface area contributed by atoms with Gasteiger partial charge in [0.15, 0.2) is 0 Å². The average Bonchev–Trinajstić information content (AvgIpc) is 2.65. The molecule has 1 aromatic rings. The number of thioether (sulfide) groups is 1. The second kappa shape index (κ2) is 4.59. The van der Waals surface area contributed by atoms with E-state index in [9.17, 15) is 0 Å². The molecule has 78 valence electrons. The van der Waals surface area contributed by atoms with E-state index in [2.05, 4.69) is 18.3 Å². The van der Waals surface area contributed by atoms with Crippen LogP contribution in [0, 0.1) is 11.3 Å². The van der Waals surface area contributed by atoms with E-state index in [4.69, 9.17) is 5.26 Å². The number of hydrogen-bond acceptors (Lipinski definition) is 3. The monoisotopic (exact) mass is 218 g/mol. The molecule has 2 nitrogen and oxygen atoms in total. The quantitative estimate of drug-likeness (QED) is 0.829. The van der Waals surface area contributed by atoms with E-state index in [1.54, 1.807) is 0 Å². The molecule has 0 amide bonds.